The summed E-state index contributed by atoms with van der Waals surface area (Å²) in [4.78, 5) is 17.9. The van der Waals surface area contributed by atoms with Crippen molar-refractivity contribution in [3.63, 3.8) is 0 Å². The van der Waals surface area contributed by atoms with Crippen molar-refractivity contribution < 1.29 is 22.7 Å². The molecule has 5 rings (SSSR count). The fourth-order valence-corrected chi connectivity index (χ4v) is 5.50. The van der Waals surface area contributed by atoms with Crippen molar-refractivity contribution in [2.24, 2.45) is 4.99 Å². The van der Waals surface area contributed by atoms with Gasteiger partial charge in [-0.3, -0.25) is 0 Å². The van der Waals surface area contributed by atoms with Crippen molar-refractivity contribution >= 4 is 21.7 Å². The number of ether oxygens (including phenoxy) is 2. The van der Waals surface area contributed by atoms with Gasteiger partial charge in [0.05, 0.1) is 10.6 Å². The number of hydrogen-bond donors (Lipinski definition) is 0. The molecule has 4 aromatic carbocycles. The van der Waals surface area contributed by atoms with Gasteiger partial charge in [-0.25, -0.2) is 18.2 Å². The summed E-state index contributed by atoms with van der Waals surface area (Å²) in [5.74, 6) is -0.0606. The maximum absolute atomic E-state index is 13.5. The Labute approximate surface area is 203 Å². The lowest BCUT2D eigenvalue weighted by Gasteiger charge is -2.22. The predicted molar refractivity (Wildman–Crippen MR) is 132 cm³/mol. The first-order valence-electron chi connectivity index (χ1n) is 11.0. The number of esters is 1. The van der Waals surface area contributed by atoms with E-state index in [1.165, 1.54) is 12.1 Å². The van der Waals surface area contributed by atoms with Gasteiger partial charge in [-0.15, -0.1) is 0 Å². The van der Waals surface area contributed by atoms with Crippen LogP contribution >= 0.6 is 0 Å². The summed E-state index contributed by atoms with van der Waals surface area (Å²) in [6.07, 6.45) is 0. The van der Waals surface area contributed by atoms with Gasteiger partial charge in [0.2, 0.25) is 11.4 Å². The summed E-state index contributed by atoms with van der Waals surface area (Å²) in [6, 6.07) is 32.9. The molecular formula is C28H21NO5S. The van der Waals surface area contributed by atoms with E-state index in [-0.39, 0.29) is 10.8 Å². The third-order valence-electron chi connectivity index (χ3n) is 5.65. The molecule has 0 aliphatic carbocycles. The molecule has 35 heavy (non-hydrogen) atoms. The van der Waals surface area contributed by atoms with E-state index in [1.54, 1.807) is 66.7 Å². The number of aliphatic imine (C=N–C) groups is 1. The highest BCUT2D eigenvalue weighted by Gasteiger charge is 2.51. The highest BCUT2D eigenvalue weighted by Crippen LogP contribution is 2.37. The van der Waals surface area contributed by atoms with Gasteiger partial charge in [0.1, 0.15) is 11.5 Å². The Balaban J connectivity index is 1.49. The molecule has 0 spiro atoms. The summed E-state index contributed by atoms with van der Waals surface area (Å²) in [5.41, 5.74) is -0.674. The van der Waals surface area contributed by atoms with E-state index in [2.05, 4.69) is 4.99 Å². The number of rotatable bonds is 7. The third kappa shape index (κ3) is 4.58. The normalized spacial score (nSPS) is 17.5. The minimum absolute atomic E-state index is 0.0596. The largest absolute Gasteiger partial charge is 0.457 e. The van der Waals surface area contributed by atoms with Crippen LogP contribution in [-0.2, 0) is 24.9 Å². The van der Waals surface area contributed by atoms with Crippen LogP contribution in [0.2, 0.25) is 0 Å². The Hall–Kier alpha value is -4.23. The fourth-order valence-electron chi connectivity index (χ4n) is 3.89. The van der Waals surface area contributed by atoms with Crippen LogP contribution in [-0.4, -0.2) is 26.0 Å². The van der Waals surface area contributed by atoms with Crippen LogP contribution in [0.4, 0.5) is 0 Å². The quantitative estimate of drug-likeness (QED) is 0.340. The molecule has 1 aliphatic rings. The van der Waals surface area contributed by atoms with Crippen LogP contribution in [0.5, 0.6) is 11.5 Å². The zero-order chi connectivity index (χ0) is 24.3. The first-order valence-corrected chi connectivity index (χ1v) is 12.6. The Morgan fingerprint density at radius 2 is 1.26 bits per heavy atom. The second-order valence-corrected chi connectivity index (χ2v) is 10.0. The van der Waals surface area contributed by atoms with Crippen LogP contribution in [0.3, 0.4) is 0 Å². The Bertz CT molecular complexity index is 1470. The summed E-state index contributed by atoms with van der Waals surface area (Å²) in [7, 11) is -3.94. The molecule has 0 fully saturated rings. The van der Waals surface area contributed by atoms with Crippen molar-refractivity contribution in [1.82, 2.24) is 0 Å². The van der Waals surface area contributed by atoms with Crippen LogP contribution in [0.25, 0.3) is 0 Å². The van der Waals surface area contributed by atoms with E-state index in [4.69, 9.17) is 9.47 Å². The lowest BCUT2D eigenvalue weighted by Crippen LogP contribution is -2.38. The summed E-state index contributed by atoms with van der Waals surface area (Å²) in [5, 5.41) is 0. The average molecular weight is 484 g/mol. The first-order chi connectivity index (χ1) is 17.0. The molecule has 0 aromatic heterocycles. The van der Waals surface area contributed by atoms with Crippen LogP contribution < -0.4 is 4.74 Å². The lowest BCUT2D eigenvalue weighted by molar-refractivity contribution is -0.138. The van der Waals surface area contributed by atoms with E-state index in [9.17, 15) is 13.2 Å². The van der Waals surface area contributed by atoms with E-state index in [0.717, 1.165) is 0 Å². The van der Waals surface area contributed by atoms with Gasteiger partial charge in [-0.2, -0.15) is 0 Å². The Morgan fingerprint density at radius 3 is 1.89 bits per heavy atom. The second kappa shape index (κ2) is 9.19. The standard InChI is InChI=1S/C28H21NO5S/c30-27-28(22-12-6-2-7-13-22,29-26(34-27)21-10-4-1-5-11-21)20-35(31,32)25-18-16-24(17-19-25)33-23-14-8-3-9-15-23/h1-19H,20H2. The van der Waals surface area contributed by atoms with E-state index in [1.807, 2.05) is 36.4 Å². The molecule has 174 valence electrons. The van der Waals surface area contributed by atoms with Gasteiger partial charge >= 0.3 is 5.97 Å². The topological polar surface area (TPSA) is 82.0 Å². The van der Waals surface area contributed by atoms with E-state index < -0.39 is 27.1 Å². The number of carbonyl (C=O) groups excluding carboxylic acids is 1. The maximum atomic E-state index is 13.5. The second-order valence-electron chi connectivity index (χ2n) is 8.04. The molecule has 0 N–H and O–H groups in total. The molecule has 0 saturated carbocycles. The number of carbonyl (C=O) groups is 1. The zero-order valence-electron chi connectivity index (χ0n) is 18.6. The van der Waals surface area contributed by atoms with Crippen molar-refractivity contribution in [3.8, 4) is 11.5 Å². The number of nitrogens with zero attached hydrogens (tertiary/aromatic N) is 1. The number of sulfone groups is 1. The predicted octanol–water partition coefficient (Wildman–Crippen LogP) is 5.15. The van der Waals surface area contributed by atoms with Gasteiger partial charge in [0, 0.05) is 5.56 Å². The average Bonchev–Trinajstić information content (AvgIpc) is 3.22. The van der Waals surface area contributed by atoms with Crippen molar-refractivity contribution in [2.45, 2.75) is 10.4 Å². The number of benzene rings is 4. The molecule has 6 nitrogen and oxygen atoms in total. The maximum Gasteiger partial charge on any atom is 0.346 e. The fraction of sp³-hybridized carbons (Fsp3) is 0.0714. The summed E-state index contributed by atoms with van der Waals surface area (Å²) >= 11 is 0. The van der Waals surface area contributed by atoms with Gasteiger partial charge in [0.25, 0.3) is 0 Å². The van der Waals surface area contributed by atoms with Crippen LogP contribution in [0.1, 0.15) is 11.1 Å². The van der Waals surface area contributed by atoms with Crippen molar-refractivity contribution in [2.75, 3.05) is 5.75 Å². The number of para-hydroxylation sites is 1. The van der Waals surface area contributed by atoms with E-state index in [0.29, 0.717) is 22.6 Å². The minimum atomic E-state index is -3.94. The molecule has 7 heteroatoms. The molecule has 0 bridgehead atoms. The Morgan fingerprint density at radius 1 is 0.714 bits per heavy atom. The minimum Gasteiger partial charge on any atom is -0.457 e. The van der Waals surface area contributed by atoms with Crippen LogP contribution in [0, 0.1) is 0 Å². The van der Waals surface area contributed by atoms with Crippen molar-refractivity contribution in [3.05, 3.63) is 126 Å². The molecule has 0 saturated heterocycles. The smallest absolute Gasteiger partial charge is 0.346 e. The zero-order valence-corrected chi connectivity index (χ0v) is 19.4. The molecule has 1 atom stereocenters. The monoisotopic (exact) mass is 483 g/mol. The number of hydrogen-bond acceptors (Lipinski definition) is 6. The lowest BCUT2D eigenvalue weighted by atomic mass is 9.93. The third-order valence-corrected chi connectivity index (χ3v) is 7.44. The number of cyclic esters (lactones) is 1. The van der Waals surface area contributed by atoms with Gasteiger partial charge in [0.15, 0.2) is 9.84 Å². The van der Waals surface area contributed by atoms with Gasteiger partial charge in [-0.1, -0.05) is 66.7 Å². The molecule has 4 aromatic rings. The molecule has 1 aliphatic heterocycles. The molecule has 1 heterocycles. The molecule has 0 amide bonds. The molecule has 1 unspecified atom stereocenters. The molecular weight excluding hydrogens is 462 g/mol. The van der Waals surface area contributed by atoms with Gasteiger partial charge in [-0.05, 0) is 54.1 Å². The van der Waals surface area contributed by atoms with Gasteiger partial charge < -0.3 is 9.47 Å². The highest BCUT2D eigenvalue weighted by molar-refractivity contribution is 7.91. The summed E-state index contributed by atoms with van der Waals surface area (Å²) in [6.45, 7) is 0. The SMILES string of the molecule is O=C1OC(c2ccccc2)=NC1(CS(=O)(=O)c1ccc(Oc2ccccc2)cc1)c1ccccc1. The Kier molecular flexibility index (Phi) is 5.93. The molecule has 0 radical (unpaired) electrons. The summed E-state index contributed by atoms with van der Waals surface area (Å²) < 4.78 is 38.3. The van der Waals surface area contributed by atoms with E-state index >= 15 is 0 Å². The van der Waals surface area contributed by atoms with Crippen LogP contribution in [0.15, 0.2) is 125 Å². The first kappa shape index (κ1) is 22.6. The highest BCUT2D eigenvalue weighted by atomic mass is 32.2. The van der Waals surface area contributed by atoms with Crippen molar-refractivity contribution in [1.29, 1.82) is 0 Å².